The molecule has 2 aromatic rings. The van der Waals surface area contributed by atoms with Crippen LogP contribution < -0.4 is 0 Å². The van der Waals surface area contributed by atoms with Gasteiger partial charge < -0.3 is 4.90 Å². The van der Waals surface area contributed by atoms with Gasteiger partial charge >= 0.3 is 0 Å². The minimum absolute atomic E-state index is 0.0151. The molecule has 8 heteroatoms. The predicted molar refractivity (Wildman–Crippen MR) is 83.2 cm³/mol. The summed E-state index contributed by atoms with van der Waals surface area (Å²) in [5, 5.41) is 12.6. The van der Waals surface area contributed by atoms with Crippen molar-refractivity contribution in [3.8, 4) is 0 Å². The van der Waals surface area contributed by atoms with Crippen LogP contribution in [0.15, 0.2) is 29.6 Å². The first-order valence-electron chi connectivity index (χ1n) is 5.81. The van der Waals surface area contributed by atoms with Crippen molar-refractivity contribution < 1.29 is 9.72 Å². The summed E-state index contributed by atoms with van der Waals surface area (Å²) >= 11 is 13.1. The van der Waals surface area contributed by atoms with Crippen molar-refractivity contribution in [2.24, 2.45) is 0 Å². The zero-order valence-corrected chi connectivity index (χ0v) is 13.2. The molecular formula is C13H10Cl2N2O3S. The monoisotopic (exact) mass is 344 g/mol. The molecule has 0 spiro atoms. The molecule has 0 atom stereocenters. The Kier molecular flexibility index (Phi) is 4.82. The van der Waals surface area contributed by atoms with Crippen LogP contribution >= 0.6 is 34.5 Å². The Morgan fingerprint density at radius 2 is 2.14 bits per heavy atom. The van der Waals surface area contributed by atoms with E-state index in [9.17, 15) is 14.9 Å². The van der Waals surface area contributed by atoms with Crippen molar-refractivity contribution in [3.63, 3.8) is 0 Å². The maximum absolute atomic E-state index is 12.3. The molecule has 2 rings (SSSR count). The van der Waals surface area contributed by atoms with E-state index in [2.05, 4.69) is 0 Å². The van der Waals surface area contributed by atoms with Crippen LogP contribution in [0.2, 0.25) is 10.0 Å². The number of carbonyl (C=O) groups excluding carboxylic acids is 1. The van der Waals surface area contributed by atoms with Crippen LogP contribution in [0.25, 0.3) is 0 Å². The number of halogens is 2. The van der Waals surface area contributed by atoms with Crippen LogP contribution in [-0.2, 0) is 6.54 Å². The molecule has 1 heterocycles. The van der Waals surface area contributed by atoms with E-state index in [-0.39, 0.29) is 27.2 Å². The van der Waals surface area contributed by atoms with E-state index >= 15 is 0 Å². The van der Waals surface area contributed by atoms with E-state index < -0.39 is 4.92 Å². The number of benzene rings is 1. The SMILES string of the molecule is CN(Cc1cccs1)C(=O)c1cc(Cl)c(Cl)c([N+](=O)[O-])c1. The Morgan fingerprint density at radius 1 is 1.43 bits per heavy atom. The zero-order valence-electron chi connectivity index (χ0n) is 10.9. The Morgan fingerprint density at radius 3 is 2.71 bits per heavy atom. The van der Waals surface area contributed by atoms with Gasteiger partial charge in [0.15, 0.2) is 0 Å². The predicted octanol–water partition coefficient (Wildman–Crippen LogP) is 4.24. The van der Waals surface area contributed by atoms with Gasteiger partial charge in [0.25, 0.3) is 11.6 Å². The molecule has 1 amide bonds. The molecule has 0 aliphatic heterocycles. The van der Waals surface area contributed by atoms with Crippen molar-refractivity contribution in [1.29, 1.82) is 0 Å². The number of thiophene rings is 1. The molecule has 0 aliphatic carbocycles. The summed E-state index contributed by atoms with van der Waals surface area (Å²) in [7, 11) is 1.62. The first-order valence-corrected chi connectivity index (χ1v) is 7.45. The number of nitro benzene ring substituents is 1. The first-order chi connectivity index (χ1) is 9.90. The number of carbonyl (C=O) groups is 1. The number of hydrogen-bond acceptors (Lipinski definition) is 4. The highest BCUT2D eigenvalue weighted by Crippen LogP contribution is 2.33. The molecule has 21 heavy (non-hydrogen) atoms. The molecule has 0 saturated carbocycles. The third kappa shape index (κ3) is 3.53. The van der Waals surface area contributed by atoms with Gasteiger partial charge in [0, 0.05) is 23.6 Å². The quantitative estimate of drug-likeness (QED) is 0.615. The second kappa shape index (κ2) is 6.43. The molecule has 1 aromatic heterocycles. The van der Waals surface area contributed by atoms with E-state index in [1.165, 1.54) is 22.3 Å². The largest absolute Gasteiger partial charge is 0.337 e. The van der Waals surface area contributed by atoms with Crippen molar-refractivity contribution >= 4 is 46.1 Å². The summed E-state index contributed by atoms with van der Waals surface area (Å²) in [6.07, 6.45) is 0. The van der Waals surface area contributed by atoms with Crippen LogP contribution in [0, 0.1) is 10.1 Å². The highest BCUT2D eigenvalue weighted by molar-refractivity contribution is 7.09. The molecular weight excluding hydrogens is 335 g/mol. The van der Waals surface area contributed by atoms with Crippen molar-refractivity contribution in [2.45, 2.75) is 6.54 Å². The van der Waals surface area contributed by atoms with Gasteiger partial charge in [-0.2, -0.15) is 0 Å². The van der Waals surface area contributed by atoms with Crippen LogP contribution in [0.5, 0.6) is 0 Å². The highest BCUT2D eigenvalue weighted by Gasteiger charge is 2.22. The molecule has 5 nitrogen and oxygen atoms in total. The Balaban J connectivity index is 2.28. The fourth-order valence-corrected chi connectivity index (χ4v) is 2.91. The lowest BCUT2D eigenvalue weighted by Gasteiger charge is -2.16. The lowest BCUT2D eigenvalue weighted by atomic mass is 10.1. The van der Waals surface area contributed by atoms with E-state index in [1.54, 1.807) is 7.05 Å². The number of nitro groups is 1. The fraction of sp³-hybridized carbons (Fsp3) is 0.154. The normalized spacial score (nSPS) is 10.4. The van der Waals surface area contributed by atoms with Crippen molar-refractivity contribution in [3.05, 3.63) is 60.2 Å². The number of amides is 1. The van der Waals surface area contributed by atoms with E-state index in [0.717, 1.165) is 10.9 Å². The summed E-state index contributed by atoms with van der Waals surface area (Å²) in [5.41, 5.74) is -0.243. The average molecular weight is 345 g/mol. The Labute approximate surface area is 134 Å². The third-order valence-electron chi connectivity index (χ3n) is 2.77. The van der Waals surface area contributed by atoms with Crippen LogP contribution in [0.1, 0.15) is 15.2 Å². The molecule has 0 fully saturated rings. The van der Waals surface area contributed by atoms with Crippen LogP contribution in [0.4, 0.5) is 5.69 Å². The van der Waals surface area contributed by atoms with Gasteiger partial charge in [-0.25, -0.2) is 0 Å². The van der Waals surface area contributed by atoms with Crippen LogP contribution in [0.3, 0.4) is 0 Å². The summed E-state index contributed by atoms with van der Waals surface area (Å²) in [4.78, 5) is 25.0. The maximum Gasteiger partial charge on any atom is 0.290 e. The van der Waals surface area contributed by atoms with Crippen molar-refractivity contribution in [2.75, 3.05) is 7.05 Å². The summed E-state index contributed by atoms with van der Waals surface area (Å²) in [6.45, 7) is 0.421. The Hall–Kier alpha value is -1.63. The standard InChI is InChI=1S/C13H10Cl2N2O3S/c1-16(7-9-3-2-4-21-9)13(18)8-5-10(14)12(15)11(6-8)17(19)20/h2-6H,7H2,1H3. The fourth-order valence-electron chi connectivity index (χ4n) is 1.76. The van der Waals surface area contributed by atoms with Gasteiger partial charge in [-0.15, -0.1) is 11.3 Å². The smallest absolute Gasteiger partial charge is 0.290 e. The van der Waals surface area contributed by atoms with Crippen LogP contribution in [-0.4, -0.2) is 22.8 Å². The molecule has 110 valence electrons. The second-order valence-electron chi connectivity index (χ2n) is 4.29. The maximum atomic E-state index is 12.3. The summed E-state index contributed by atoms with van der Waals surface area (Å²) in [6, 6.07) is 6.28. The van der Waals surface area contributed by atoms with Gasteiger partial charge in [0.1, 0.15) is 5.02 Å². The average Bonchev–Trinajstić information content (AvgIpc) is 2.93. The minimum atomic E-state index is -0.662. The number of hydrogen-bond donors (Lipinski definition) is 0. The molecule has 0 radical (unpaired) electrons. The lowest BCUT2D eigenvalue weighted by molar-refractivity contribution is -0.384. The molecule has 0 saturated heterocycles. The zero-order chi connectivity index (χ0) is 15.6. The van der Waals surface area contributed by atoms with E-state index in [1.807, 2.05) is 17.5 Å². The molecule has 0 N–H and O–H groups in total. The van der Waals surface area contributed by atoms with Gasteiger partial charge in [-0.1, -0.05) is 29.3 Å². The topological polar surface area (TPSA) is 63.5 Å². The third-order valence-corrected chi connectivity index (χ3v) is 4.43. The summed E-state index contributed by atoms with van der Waals surface area (Å²) < 4.78 is 0. The minimum Gasteiger partial charge on any atom is -0.337 e. The first kappa shape index (κ1) is 15.8. The lowest BCUT2D eigenvalue weighted by Crippen LogP contribution is -2.25. The summed E-state index contributed by atoms with van der Waals surface area (Å²) in [5.74, 6) is -0.356. The van der Waals surface area contributed by atoms with E-state index in [4.69, 9.17) is 23.2 Å². The second-order valence-corrected chi connectivity index (χ2v) is 6.11. The number of rotatable bonds is 4. The molecule has 1 aromatic carbocycles. The van der Waals surface area contributed by atoms with Gasteiger partial charge in [-0.05, 0) is 17.5 Å². The van der Waals surface area contributed by atoms with Gasteiger partial charge in [0.2, 0.25) is 0 Å². The molecule has 0 aliphatic rings. The van der Waals surface area contributed by atoms with E-state index in [0.29, 0.717) is 6.54 Å². The molecule has 0 unspecified atom stereocenters. The Bertz CT molecular complexity index is 689. The van der Waals surface area contributed by atoms with Gasteiger partial charge in [0.05, 0.1) is 16.5 Å². The number of nitrogens with zero attached hydrogens (tertiary/aromatic N) is 2. The molecule has 0 bridgehead atoms. The highest BCUT2D eigenvalue weighted by atomic mass is 35.5. The van der Waals surface area contributed by atoms with Crippen molar-refractivity contribution in [1.82, 2.24) is 4.90 Å². The van der Waals surface area contributed by atoms with Gasteiger partial charge in [-0.3, -0.25) is 14.9 Å².